The van der Waals surface area contributed by atoms with Gasteiger partial charge in [-0.05, 0) is 30.7 Å². The zero-order chi connectivity index (χ0) is 17.8. The summed E-state index contributed by atoms with van der Waals surface area (Å²) in [5.74, 6) is -1.51. The number of benzene rings is 2. The summed E-state index contributed by atoms with van der Waals surface area (Å²) in [6, 6.07) is 11.3. The Morgan fingerprint density at radius 3 is 2.60 bits per heavy atom. The highest BCUT2D eigenvalue weighted by Crippen LogP contribution is 2.19. The summed E-state index contributed by atoms with van der Waals surface area (Å²) >= 11 is 0. The van der Waals surface area contributed by atoms with Crippen LogP contribution < -0.4 is 15.1 Å². The molecule has 1 heterocycles. The molecule has 0 aliphatic carbocycles. The molecular weight excluding hydrogens is 324 g/mol. The van der Waals surface area contributed by atoms with Crippen molar-refractivity contribution >= 4 is 17.3 Å². The van der Waals surface area contributed by atoms with E-state index in [0.717, 1.165) is 49.3 Å². The predicted molar refractivity (Wildman–Crippen MR) is 93.9 cm³/mol. The molecule has 1 aliphatic heterocycles. The van der Waals surface area contributed by atoms with Crippen LogP contribution in [0.25, 0.3) is 0 Å². The number of hydrogen-bond acceptors (Lipinski definition) is 2. The predicted octanol–water partition coefficient (Wildman–Crippen LogP) is 1.62. The number of amides is 1. The molecule has 25 heavy (non-hydrogen) atoms. The van der Waals surface area contributed by atoms with Crippen molar-refractivity contribution in [2.45, 2.75) is 6.92 Å². The monoisotopic (exact) mass is 346 g/mol. The molecule has 1 fully saturated rings. The van der Waals surface area contributed by atoms with Gasteiger partial charge in [0.1, 0.15) is 11.6 Å². The van der Waals surface area contributed by atoms with Crippen LogP contribution in [0.15, 0.2) is 42.5 Å². The van der Waals surface area contributed by atoms with E-state index in [1.54, 1.807) is 0 Å². The largest absolute Gasteiger partial charge is 0.360 e. The van der Waals surface area contributed by atoms with Gasteiger partial charge in [-0.1, -0.05) is 18.2 Å². The molecule has 4 nitrogen and oxygen atoms in total. The fourth-order valence-corrected chi connectivity index (χ4v) is 3.17. The summed E-state index contributed by atoms with van der Waals surface area (Å²) in [6.45, 7) is 5.72. The van der Waals surface area contributed by atoms with Crippen LogP contribution >= 0.6 is 0 Å². The summed E-state index contributed by atoms with van der Waals surface area (Å²) in [5, 5.41) is 2.46. The van der Waals surface area contributed by atoms with E-state index in [0.29, 0.717) is 0 Å². The number of piperazine rings is 1. The van der Waals surface area contributed by atoms with Gasteiger partial charge in [0.2, 0.25) is 0 Å². The quantitative estimate of drug-likeness (QED) is 0.883. The molecule has 1 amide bonds. The molecule has 1 aliphatic rings. The van der Waals surface area contributed by atoms with Crippen molar-refractivity contribution in [3.8, 4) is 0 Å². The van der Waals surface area contributed by atoms with Crippen molar-refractivity contribution in [1.82, 2.24) is 0 Å². The number of nitrogens with zero attached hydrogens (tertiary/aromatic N) is 1. The van der Waals surface area contributed by atoms with E-state index < -0.39 is 11.6 Å². The van der Waals surface area contributed by atoms with E-state index in [1.807, 2.05) is 12.1 Å². The lowest BCUT2D eigenvalue weighted by atomic mass is 10.1. The Kier molecular flexibility index (Phi) is 5.28. The zero-order valence-corrected chi connectivity index (χ0v) is 14.2. The fourth-order valence-electron chi connectivity index (χ4n) is 3.17. The first-order valence-electron chi connectivity index (χ1n) is 8.42. The molecule has 2 aromatic rings. The molecule has 0 bridgehead atoms. The first kappa shape index (κ1) is 17.4. The summed E-state index contributed by atoms with van der Waals surface area (Å²) in [7, 11) is 0. The summed E-state index contributed by atoms with van der Waals surface area (Å²) in [5.41, 5.74) is 2.36. The van der Waals surface area contributed by atoms with Gasteiger partial charge < -0.3 is 15.1 Å². The Bertz CT molecular complexity index is 758. The molecule has 3 rings (SSSR count). The molecule has 0 saturated carbocycles. The summed E-state index contributed by atoms with van der Waals surface area (Å²) in [6.07, 6.45) is 0. The van der Waals surface area contributed by atoms with Gasteiger partial charge in [0.05, 0.1) is 31.9 Å². The molecule has 0 radical (unpaired) electrons. The van der Waals surface area contributed by atoms with Crippen LogP contribution in [0, 0.1) is 18.6 Å². The second kappa shape index (κ2) is 7.61. The molecule has 2 aromatic carbocycles. The Morgan fingerprint density at radius 1 is 1.16 bits per heavy atom. The van der Waals surface area contributed by atoms with Gasteiger partial charge >= 0.3 is 0 Å². The standard InChI is InChI=1S/C19H21F2N3O/c1-14-4-2-3-5-18(14)24-10-8-23(9-11-24)13-19(25)22-17-12-15(20)6-7-16(17)21/h2-7,12H,8-11,13H2,1H3,(H,22,25)/p+1. The third-order valence-electron chi connectivity index (χ3n) is 4.54. The zero-order valence-electron chi connectivity index (χ0n) is 14.2. The van der Waals surface area contributed by atoms with Gasteiger partial charge in [-0.25, -0.2) is 8.78 Å². The van der Waals surface area contributed by atoms with Crippen molar-refractivity contribution in [1.29, 1.82) is 0 Å². The van der Waals surface area contributed by atoms with Crippen LogP contribution in [0.2, 0.25) is 0 Å². The molecular formula is C19H22F2N3O+. The number of rotatable bonds is 4. The molecule has 2 N–H and O–H groups in total. The van der Waals surface area contributed by atoms with Crippen molar-refractivity contribution in [2.75, 3.05) is 42.9 Å². The van der Waals surface area contributed by atoms with E-state index in [1.165, 1.54) is 11.3 Å². The third-order valence-corrected chi connectivity index (χ3v) is 4.54. The Labute approximate surface area is 146 Å². The number of aryl methyl sites for hydroxylation is 1. The number of halogens is 2. The van der Waals surface area contributed by atoms with Crippen LogP contribution in [0.1, 0.15) is 5.56 Å². The average molecular weight is 346 g/mol. The number of para-hydroxylation sites is 1. The minimum Gasteiger partial charge on any atom is -0.360 e. The van der Waals surface area contributed by atoms with Gasteiger partial charge in [-0.15, -0.1) is 0 Å². The highest BCUT2D eigenvalue weighted by molar-refractivity contribution is 5.91. The van der Waals surface area contributed by atoms with Crippen LogP contribution in [0.4, 0.5) is 20.2 Å². The maximum absolute atomic E-state index is 13.6. The summed E-state index contributed by atoms with van der Waals surface area (Å²) in [4.78, 5) is 15.6. The maximum Gasteiger partial charge on any atom is 0.279 e. The molecule has 0 unspecified atom stereocenters. The van der Waals surface area contributed by atoms with Crippen LogP contribution in [-0.2, 0) is 4.79 Å². The van der Waals surface area contributed by atoms with E-state index in [-0.39, 0.29) is 18.1 Å². The topological polar surface area (TPSA) is 36.8 Å². The number of nitrogens with one attached hydrogen (secondary N) is 2. The highest BCUT2D eigenvalue weighted by Gasteiger charge is 2.23. The number of carbonyl (C=O) groups excluding carboxylic acids is 1. The van der Waals surface area contributed by atoms with Gasteiger partial charge in [-0.3, -0.25) is 4.79 Å². The van der Waals surface area contributed by atoms with Crippen molar-refractivity contribution < 1.29 is 18.5 Å². The lowest BCUT2D eigenvalue weighted by Gasteiger charge is -2.34. The Hall–Kier alpha value is -2.47. The number of quaternary nitrogens is 1. The second-order valence-corrected chi connectivity index (χ2v) is 6.37. The van der Waals surface area contributed by atoms with E-state index in [9.17, 15) is 13.6 Å². The molecule has 132 valence electrons. The second-order valence-electron chi connectivity index (χ2n) is 6.37. The number of anilines is 2. The first-order chi connectivity index (χ1) is 12.0. The van der Waals surface area contributed by atoms with Gasteiger partial charge in [0, 0.05) is 11.8 Å². The lowest BCUT2D eigenvalue weighted by molar-refractivity contribution is -0.892. The summed E-state index contributed by atoms with van der Waals surface area (Å²) < 4.78 is 26.8. The highest BCUT2D eigenvalue weighted by atomic mass is 19.1. The fraction of sp³-hybridized carbons (Fsp3) is 0.316. The number of carbonyl (C=O) groups is 1. The van der Waals surface area contributed by atoms with E-state index in [2.05, 4.69) is 29.3 Å². The van der Waals surface area contributed by atoms with Crippen LogP contribution in [-0.4, -0.2) is 38.6 Å². The van der Waals surface area contributed by atoms with Gasteiger partial charge in [0.15, 0.2) is 6.54 Å². The SMILES string of the molecule is Cc1ccccc1N1CC[NH+](CC(=O)Nc2cc(F)ccc2F)CC1. The Morgan fingerprint density at radius 2 is 1.88 bits per heavy atom. The Balaban J connectivity index is 1.53. The average Bonchev–Trinajstić information content (AvgIpc) is 2.59. The van der Waals surface area contributed by atoms with Crippen molar-refractivity contribution in [3.05, 3.63) is 59.7 Å². The molecule has 0 aromatic heterocycles. The minimum atomic E-state index is -0.630. The van der Waals surface area contributed by atoms with E-state index >= 15 is 0 Å². The maximum atomic E-state index is 13.6. The van der Waals surface area contributed by atoms with Crippen LogP contribution in [0.3, 0.4) is 0 Å². The van der Waals surface area contributed by atoms with Crippen LogP contribution in [0.5, 0.6) is 0 Å². The molecule has 0 atom stereocenters. The molecule has 6 heteroatoms. The number of hydrogen-bond donors (Lipinski definition) is 2. The minimum absolute atomic E-state index is 0.108. The third kappa shape index (κ3) is 4.33. The smallest absolute Gasteiger partial charge is 0.279 e. The molecule has 0 spiro atoms. The van der Waals surface area contributed by atoms with Crippen molar-refractivity contribution in [3.63, 3.8) is 0 Å². The van der Waals surface area contributed by atoms with Gasteiger partial charge in [-0.2, -0.15) is 0 Å². The van der Waals surface area contributed by atoms with E-state index in [4.69, 9.17) is 0 Å². The van der Waals surface area contributed by atoms with Gasteiger partial charge in [0.25, 0.3) is 5.91 Å². The molecule has 1 saturated heterocycles. The normalized spacial score (nSPS) is 15.2. The van der Waals surface area contributed by atoms with Crippen molar-refractivity contribution in [2.24, 2.45) is 0 Å². The lowest BCUT2D eigenvalue weighted by Crippen LogP contribution is -3.15. The first-order valence-corrected chi connectivity index (χ1v) is 8.42.